The fourth-order valence-corrected chi connectivity index (χ4v) is 2.62. The molecule has 0 bridgehead atoms. The quantitative estimate of drug-likeness (QED) is 0.854. The van der Waals surface area contributed by atoms with E-state index in [1.54, 1.807) is 18.2 Å². The third kappa shape index (κ3) is 3.57. The number of carbonyl (C=O) groups excluding carboxylic acids is 1. The summed E-state index contributed by atoms with van der Waals surface area (Å²) >= 11 is 0. The molecule has 3 rings (SSSR count). The predicted octanol–water partition coefficient (Wildman–Crippen LogP) is 2.05. The highest BCUT2D eigenvalue weighted by molar-refractivity contribution is 5.99. The van der Waals surface area contributed by atoms with Crippen molar-refractivity contribution in [1.82, 2.24) is 9.88 Å². The second-order valence-corrected chi connectivity index (χ2v) is 5.51. The van der Waals surface area contributed by atoms with Crippen molar-refractivity contribution in [2.45, 2.75) is 13.3 Å². The van der Waals surface area contributed by atoms with Crippen LogP contribution in [0.15, 0.2) is 29.0 Å². The van der Waals surface area contributed by atoms with E-state index in [-0.39, 0.29) is 18.0 Å². The number of nitrogens with zero attached hydrogens (tertiary/aromatic N) is 2. The second kappa shape index (κ2) is 7.25. The van der Waals surface area contributed by atoms with Crippen molar-refractivity contribution in [3.05, 3.63) is 30.3 Å². The van der Waals surface area contributed by atoms with Crippen LogP contribution in [0.4, 0.5) is 0 Å². The molecule has 0 radical (unpaired) electrons. The normalized spacial score (nSPS) is 12.7. The SMILES string of the molecule is CCCN(CC(=O)O)C(=O)c1ncoc1-c1ccc2c(c1)OCCO2. The lowest BCUT2D eigenvalue weighted by molar-refractivity contribution is -0.137. The zero-order valence-corrected chi connectivity index (χ0v) is 13.7. The molecule has 0 unspecified atom stereocenters. The van der Waals surface area contributed by atoms with Crippen LogP contribution in [0.1, 0.15) is 23.8 Å². The maximum absolute atomic E-state index is 12.7. The monoisotopic (exact) mass is 346 g/mol. The van der Waals surface area contributed by atoms with Gasteiger partial charge in [0.15, 0.2) is 29.3 Å². The first-order chi connectivity index (χ1) is 12.1. The number of hydrogen-bond acceptors (Lipinski definition) is 6. The first-order valence-electron chi connectivity index (χ1n) is 7.94. The Morgan fingerprint density at radius 1 is 1.24 bits per heavy atom. The van der Waals surface area contributed by atoms with Crippen LogP contribution in [0.2, 0.25) is 0 Å². The van der Waals surface area contributed by atoms with Crippen molar-refractivity contribution in [3.63, 3.8) is 0 Å². The van der Waals surface area contributed by atoms with E-state index in [4.69, 9.17) is 19.0 Å². The predicted molar refractivity (Wildman–Crippen MR) is 86.8 cm³/mol. The first-order valence-corrected chi connectivity index (χ1v) is 7.94. The fourth-order valence-electron chi connectivity index (χ4n) is 2.62. The Morgan fingerprint density at radius 3 is 2.72 bits per heavy atom. The molecule has 25 heavy (non-hydrogen) atoms. The van der Waals surface area contributed by atoms with Gasteiger partial charge in [-0.05, 0) is 24.6 Å². The number of carboxylic acid groups (broad SMARTS) is 1. The van der Waals surface area contributed by atoms with Crippen LogP contribution in [0.5, 0.6) is 11.5 Å². The highest BCUT2D eigenvalue weighted by Crippen LogP contribution is 2.35. The second-order valence-electron chi connectivity index (χ2n) is 5.51. The Kier molecular flexibility index (Phi) is 4.87. The van der Waals surface area contributed by atoms with Gasteiger partial charge in [0.1, 0.15) is 19.8 Å². The Morgan fingerprint density at radius 2 is 2.00 bits per heavy atom. The lowest BCUT2D eigenvalue weighted by Crippen LogP contribution is -2.36. The van der Waals surface area contributed by atoms with Crippen LogP contribution in [0.3, 0.4) is 0 Å². The largest absolute Gasteiger partial charge is 0.486 e. The summed E-state index contributed by atoms with van der Waals surface area (Å²) < 4.78 is 16.4. The summed E-state index contributed by atoms with van der Waals surface area (Å²) in [6, 6.07) is 5.20. The van der Waals surface area contributed by atoms with Crippen molar-refractivity contribution >= 4 is 11.9 Å². The summed E-state index contributed by atoms with van der Waals surface area (Å²) in [6.45, 7) is 2.73. The smallest absolute Gasteiger partial charge is 0.323 e. The van der Waals surface area contributed by atoms with E-state index in [0.29, 0.717) is 43.2 Å². The third-order valence-corrected chi connectivity index (χ3v) is 3.68. The van der Waals surface area contributed by atoms with Crippen LogP contribution >= 0.6 is 0 Å². The maximum Gasteiger partial charge on any atom is 0.323 e. The van der Waals surface area contributed by atoms with Gasteiger partial charge >= 0.3 is 5.97 Å². The molecule has 1 N–H and O–H groups in total. The molecule has 0 spiro atoms. The average Bonchev–Trinajstić information content (AvgIpc) is 3.09. The van der Waals surface area contributed by atoms with Gasteiger partial charge in [-0.2, -0.15) is 0 Å². The van der Waals surface area contributed by atoms with Crippen LogP contribution in [0.25, 0.3) is 11.3 Å². The number of hydrogen-bond donors (Lipinski definition) is 1. The maximum atomic E-state index is 12.7. The van der Waals surface area contributed by atoms with Crippen molar-refractivity contribution in [2.24, 2.45) is 0 Å². The van der Waals surface area contributed by atoms with E-state index < -0.39 is 11.9 Å². The van der Waals surface area contributed by atoms with E-state index in [2.05, 4.69) is 4.98 Å². The van der Waals surface area contributed by atoms with Gasteiger partial charge in [-0.25, -0.2) is 4.98 Å². The van der Waals surface area contributed by atoms with Gasteiger partial charge < -0.3 is 23.9 Å². The van der Waals surface area contributed by atoms with Crippen LogP contribution < -0.4 is 9.47 Å². The molecule has 8 heteroatoms. The molecule has 0 saturated heterocycles. The van der Waals surface area contributed by atoms with Crippen LogP contribution in [-0.2, 0) is 4.79 Å². The Hall–Kier alpha value is -3.03. The van der Waals surface area contributed by atoms with Crippen molar-refractivity contribution < 1.29 is 28.6 Å². The molecule has 0 atom stereocenters. The molecule has 0 saturated carbocycles. The van der Waals surface area contributed by atoms with Crippen molar-refractivity contribution in [2.75, 3.05) is 26.3 Å². The molecular formula is C17H18N2O6. The average molecular weight is 346 g/mol. The Labute approximate surface area is 144 Å². The van der Waals surface area contributed by atoms with E-state index >= 15 is 0 Å². The molecule has 2 aromatic rings. The van der Waals surface area contributed by atoms with Crippen LogP contribution in [-0.4, -0.2) is 53.2 Å². The molecule has 132 valence electrons. The van der Waals surface area contributed by atoms with Gasteiger partial charge in [-0.15, -0.1) is 0 Å². The fraction of sp³-hybridized carbons (Fsp3) is 0.353. The number of aromatic nitrogens is 1. The lowest BCUT2D eigenvalue weighted by Gasteiger charge is -2.20. The minimum atomic E-state index is -1.08. The summed E-state index contributed by atoms with van der Waals surface area (Å²) in [4.78, 5) is 28.9. The topological polar surface area (TPSA) is 102 Å². The summed E-state index contributed by atoms with van der Waals surface area (Å²) in [7, 11) is 0. The Balaban J connectivity index is 1.91. The summed E-state index contributed by atoms with van der Waals surface area (Å²) in [5.74, 6) is -0.0992. The number of amides is 1. The molecule has 8 nitrogen and oxygen atoms in total. The standard InChI is InChI=1S/C17H18N2O6/c1-2-5-19(9-14(20)21)17(22)15-16(25-10-18-15)11-3-4-12-13(8-11)24-7-6-23-12/h3-4,8,10H,2,5-7,9H2,1H3,(H,20,21). The van der Waals surface area contributed by atoms with E-state index in [1.165, 1.54) is 11.3 Å². The molecule has 1 aliphatic rings. The highest BCUT2D eigenvalue weighted by Gasteiger charge is 2.25. The zero-order chi connectivity index (χ0) is 17.8. The van der Waals surface area contributed by atoms with Crippen molar-refractivity contribution in [1.29, 1.82) is 0 Å². The lowest BCUT2D eigenvalue weighted by atomic mass is 10.1. The molecule has 1 aromatic heterocycles. The number of benzene rings is 1. The van der Waals surface area contributed by atoms with Gasteiger partial charge in [0.05, 0.1) is 0 Å². The summed E-state index contributed by atoms with van der Waals surface area (Å²) in [5, 5.41) is 9.01. The summed E-state index contributed by atoms with van der Waals surface area (Å²) in [6.07, 6.45) is 1.81. The number of aliphatic carboxylic acids is 1. The molecule has 1 amide bonds. The molecule has 0 fully saturated rings. The number of ether oxygens (including phenoxy) is 2. The van der Waals surface area contributed by atoms with Gasteiger partial charge in [0.25, 0.3) is 5.91 Å². The van der Waals surface area contributed by atoms with Gasteiger partial charge in [-0.1, -0.05) is 6.92 Å². The molecule has 1 aromatic carbocycles. The van der Waals surface area contributed by atoms with E-state index in [1.807, 2.05) is 6.92 Å². The number of carbonyl (C=O) groups is 2. The van der Waals surface area contributed by atoms with Gasteiger partial charge in [-0.3, -0.25) is 9.59 Å². The number of carboxylic acids is 1. The van der Waals surface area contributed by atoms with Gasteiger partial charge in [0, 0.05) is 12.1 Å². The molecule has 0 aliphatic carbocycles. The van der Waals surface area contributed by atoms with E-state index in [0.717, 1.165) is 0 Å². The number of fused-ring (bicyclic) bond motifs is 1. The molecule has 1 aliphatic heterocycles. The number of rotatable bonds is 6. The third-order valence-electron chi connectivity index (χ3n) is 3.68. The summed E-state index contributed by atoms with van der Waals surface area (Å²) in [5.41, 5.74) is 0.684. The number of oxazole rings is 1. The van der Waals surface area contributed by atoms with Gasteiger partial charge in [0.2, 0.25) is 0 Å². The van der Waals surface area contributed by atoms with Crippen LogP contribution in [0, 0.1) is 0 Å². The molecule has 2 heterocycles. The minimum absolute atomic E-state index is 0.0753. The Bertz CT molecular complexity index is 785. The highest BCUT2D eigenvalue weighted by atomic mass is 16.6. The zero-order valence-electron chi connectivity index (χ0n) is 13.7. The first kappa shape index (κ1) is 16.8. The van der Waals surface area contributed by atoms with Crippen molar-refractivity contribution in [3.8, 4) is 22.8 Å². The molecular weight excluding hydrogens is 328 g/mol. The minimum Gasteiger partial charge on any atom is -0.486 e. The van der Waals surface area contributed by atoms with E-state index in [9.17, 15) is 9.59 Å².